The van der Waals surface area contributed by atoms with E-state index in [1.165, 1.54) is 13.3 Å². The summed E-state index contributed by atoms with van der Waals surface area (Å²) in [6.07, 6.45) is 2.86. The number of alkyl carbamates (subject to hydrolysis) is 1. The second-order valence-corrected chi connectivity index (χ2v) is 10.8. The smallest absolute Gasteiger partial charge is 0.408 e. The van der Waals surface area contributed by atoms with Crippen LogP contribution >= 0.6 is 0 Å². The van der Waals surface area contributed by atoms with Gasteiger partial charge in [-0.15, -0.1) is 0 Å². The predicted molar refractivity (Wildman–Crippen MR) is 161 cm³/mol. The number of nitrogens with zero attached hydrogens (tertiary/aromatic N) is 3. The quantitative estimate of drug-likeness (QED) is 0.210. The third-order valence-electron chi connectivity index (χ3n) is 6.16. The van der Waals surface area contributed by atoms with E-state index in [1.807, 2.05) is 42.5 Å². The molecule has 44 heavy (non-hydrogen) atoms. The molecule has 12 heteroatoms. The fourth-order valence-electron chi connectivity index (χ4n) is 4.09. The summed E-state index contributed by atoms with van der Waals surface area (Å²) in [5.41, 5.74) is 2.53. The molecular formula is C32H35N5O7. The zero-order valence-corrected chi connectivity index (χ0v) is 25.0. The summed E-state index contributed by atoms with van der Waals surface area (Å²) in [7, 11) is 1.20. The van der Waals surface area contributed by atoms with Crippen LogP contribution in [-0.2, 0) is 32.1 Å². The highest BCUT2D eigenvalue weighted by molar-refractivity contribution is 5.94. The Morgan fingerprint density at radius 2 is 1.70 bits per heavy atom. The van der Waals surface area contributed by atoms with Gasteiger partial charge in [-0.25, -0.2) is 19.6 Å². The number of pyridine rings is 2. The number of aromatic nitrogens is 3. The van der Waals surface area contributed by atoms with Crippen LogP contribution in [-0.4, -0.2) is 51.8 Å². The molecule has 0 fully saturated rings. The molecule has 0 unspecified atom stereocenters. The van der Waals surface area contributed by atoms with Gasteiger partial charge in [-0.3, -0.25) is 4.79 Å². The number of rotatable bonds is 12. The first kappa shape index (κ1) is 31.7. The zero-order chi connectivity index (χ0) is 31.5. The topological polar surface area (TPSA) is 155 Å². The lowest BCUT2D eigenvalue weighted by Gasteiger charge is -2.22. The van der Waals surface area contributed by atoms with Gasteiger partial charge in [0.2, 0.25) is 11.8 Å². The lowest BCUT2D eigenvalue weighted by atomic mass is 10.1. The van der Waals surface area contributed by atoms with E-state index in [0.717, 1.165) is 11.1 Å². The van der Waals surface area contributed by atoms with E-state index in [2.05, 4.69) is 25.8 Å². The summed E-state index contributed by atoms with van der Waals surface area (Å²) >= 11 is 0. The van der Waals surface area contributed by atoms with Crippen molar-refractivity contribution in [1.29, 1.82) is 0 Å². The van der Waals surface area contributed by atoms with Gasteiger partial charge in [-0.1, -0.05) is 35.5 Å². The Hall–Kier alpha value is -5.26. The minimum Gasteiger partial charge on any atom is -0.473 e. The number of methoxy groups -OCH3 is 1. The summed E-state index contributed by atoms with van der Waals surface area (Å²) < 4.78 is 21.3. The van der Waals surface area contributed by atoms with Crippen LogP contribution in [0.5, 0.6) is 5.88 Å². The number of carbonyl (C=O) groups is 3. The molecule has 0 bridgehead atoms. The average Bonchev–Trinajstić information content (AvgIpc) is 3.46. The summed E-state index contributed by atoms with van der Waals surface area (Å²) in [6.45, 7) is 5.52. The highest BCUT2D eigenvalue weighted by Crippen LogP contribution is 2.27. The summed E-state index contributed by atoms with van der Waals surface area (Å²) in [5, 5.41) is 9.40. The van der Waals surface area contributed by atoms with Gasteiger partial charge in [-0.2, -0.15) is 0 Å². The number of amides is 2. The van der Waals surface area contributed by atoms with Crippen LogP contribution in [0, 0.1) is 0 Å². The van der Waals surface area contributed by atoms with Crippen molar-refractivity contribution in [3.8, 4) is 17.2 Å². The fourth-order valence-corrected chi connectivity index (χ4v) is 4.09. The van der Waals surface area contributed by atoms with Crippen molar-refractivity contribution >= 4 is 23.8 Å². The molecule has 230 valence electrons. The number of nitrogens with one attached hydrogen (secondary N) is 2. The molecule has 0 aliphatic heterocycles. The van der Waals surface area contributed by atoms with Crippen LogP contribution in [0.25, 0.3) is 11.3 Å². The molecule has 2 N–H and O–H groups in total. The van der Waals surface area contributed by atoms with Gasteiger partial charge in [0.1, 0.15) is 24.1 Å². The predicted octanol–water partition coefficient (Wildman–Crippen LogP) is 5.09. The first-order chi connectivity index (χ1) is 21.1. The molecular weight excluding hydrogens is 566 g/mol. The van der Waals surface area contributed by atoms with Gasteiger partial charge < -0.3 is 29.4 Å². The number of esters is 1. The van der Waals surface area contributed by atoms with E-state index in [9.17, 15) is 14.4 Å². The number of hydrogen-bond donors (Lipinski definition) is 2. The van der Waals surface area contributed by atoms with Crippen LogP contribution in [0.15, 0.2) is 77.6 Å². The second-order valence-electron chi connectivity index (χ2n) is 10.8. The van der Waals surface area contributed by atoms with Gasteiger partial charge in [0, 0.05) is 37.4 Å². The molecule has 3 aromatic heterocycles. The number of carbonyl (C=O) groups excluding carboxylic acids is 3. The second kappa shape index (κ2) is 14.8. The molecule has 0 aliphatic carbocycles. The van der Waals surface area contributed by atoms with Gasteiger partial charge in [0.05, 0.1) is 18.4 Å². The molecule has 2 amide bonds. The zero-order valence-electron chi connectivity index (χ0n) is 25.0. The van der Waals surface area contributed by atoms with Crippen molar-refractivity contribution in [2.45, 2.75) is 58.3 Å². The Balaban J connectivity index is 1.34. The van der Waals surface area contributed by atoms with Gasteiger partial charge >= 0.3 is 12.1 Å². The lowest BCUT2D eigenvalue weighted by Crippen LogP contribution is -2.44. The molecule has 3 heterocycles. The van der Waals surface area contributed by atoms with Crippen LogP contribution in [0.1, 0.15) is 50.4 Å². The van der Waals surface area contributed by atoms with Crippen molar-refractivity contribution < 1.29 is 33.1 Å². The molecule has 0 radical (unpaired) electrons. The Labute approximate surface area is 255 Å². The summed E-state index contributed by atoms with van der Waals surface area (Å²) in [5.74, 6) is 0.161. The van der Waals surface area contributed by atoms with Gasteiger partial charge in [0.15, 0.2) is 5.76 Å². The average molecular weight is 602 g/mol. The molecule has 1 aromatic carbocycles. The third-order valence-corrected chi connectivity index (χ3v) is 6.16. The summed E-state index contributed by atoms with van der Waals surface area (Å²) in [6, 6.07) is 17.7. The van der Waals surface area contributed by atoms with Crippen molar-refractivity contribution in [1.82, 2.24) is 20.4 Å². The SMILES string of the molecule is COC(=O)[C@H](CCC(=O)Nc1ncccc1-c1cc(Cc2ccc(COc3ccccn3)cc2)no1)NC(=O)OC(C)(C)C. The van der Waals surface area contributed by atoms with E-state index in [-0.39, 0.29) is 18.7 Å². The van der Waals surface area contributed by atoms with Crippen molar-refractivity contribution in [2.24, 2.45) is 0 Å². The number of benzene rings is 1. The number of hydrogen-bond acceptors (Lipinski definition) is 10. The van der Waals surface area contributed by atoms with E-state index >= 15 is 0 Å². The normalized spacial score (nSPS) is 11.7. The Morgan fingerprint density at radius 1 is 0.955 bits per heavy atom. The van der Waals surface area contributed by atoms with Crippen molar-refractivity contribution in [3.05, 3.63) is 89.9 Å². The van der Waals surface area contributed by atoms with E-state index in [0.29, 0.717) is 35.9 Å². The van der Waals surface area contributed by atoms with E-state index in [4.69, 9.17) is 18.7 Å². The highest BCUT2D eigenvalue weighted by atomic mass is 16.6. The molecule has 12 nitrogen and oxygen atoms in total. The molecule has 0 spiro atoms. The Bertz CT molecular complexity index is 1550. The molecule has 0 aliphatic rings. The summed E-state index contributed by atoms with van der Waals surface area (Å²) in [4.78, 5) is 45.6. The monoisotopic (exact) mass is 601 g/mol. The Morgan fingerprint density at radius 3 is 2.41 bits per heavy atom. The van der Waals surface area contributed by atoms with E-state index < -0.39 is 29.6 Å². The van der Waals surface area contributed by atoms with Gasteiger partial charge in [0.25, 0.3) is 0 Å². The lowest BCUT2D eigenvalue weighted by molar-refractivity contribution is -0.143. The molecule has 1 atom stereocenters. The molecule has 4 rings (SSSR count). The van der Waals surface area contributed by atoms with Crippen LogP contribution in [0.2, 0.25) is 0 Å². The first-order valence-electron chi connectivity index (χ1n) is 14.0. The Kier molecular flexibility index (Phi) is 10.6. The number of anilines is 1. The van der Waals surface area contributed by atoms with Gasteiger partial charge in [-0.05, 0) is 56.5 Å². The minimum atomic E-state index is -1.07. The highest BCUT2D eigenvalue weighted by Gasteiger charge is 2.26. The maximum atomic E-state index is 12.8. The minimum absolute atomic E-state index is 0.0135. The fraction of sp³-hybridized carbons (Fsp3) is 0.312. The first-order valence-corrected chi connectivity index (χ1v) is 14.0. The third kappa shape index (κ3) is 9.65. The molecule has 0 saturated heterocycles. The maximum absolute atomic E-state index is 12.8. The maximum Gasteiger partial charge on any atom is 0.408 e. The van der Waals surface area contributed by atoms with Crippen LogP contribution < -0.4 is 15.4 Å². The standard InChI is InChI=1S/C32H35N5O7/c1-32(2,3)43-31(40)35-25(30(39)41-4)14-15-27(38)36-29-24(8-7-17-34-29)26-19-23(37-44-26)18-21-10-12-22(13-11-21)20-42-28-9-5-6-16-33-28/h5-13,16-17,19,25H,14-15,18,20H2,1-4H3,(H,35,40)(H,34,36,38)/t25-/m0/s1. The van der Waals surface area contributed by atoms with Crippen molar-refractivity contribution in [3.63, 3.8) is 0 Å². The van der Waals surface area contributed by atoms with Crippen LogP contribution in [0.3, 0.4) is 0 Å². The number of ether oxygens (including phenoxy) is 3. The van der Waals surface area contributed by atoms with Crippen LogP contribution in [0.4, 0.5) is 10.6 Å². The molecule has 4 aromatic rings. The van der Waals surface area contributed by atoms with E-state index in [1.54, 1.807) is 45.2 Å². The van der Waals surface area contributed by atoms with Crippen molar-refractivity contribution in [2.75, 3.05) is 12.4 Å². The molecule has 0 saturated carbocycles. The largest absolute Gasteiger partial charge is 0.473 e.